The van der Waals surface area contributed by atoms with E-state index in [9.17, 15) is 9.59 Å². The number of anilines is 1. The van der Waals surface area contributed by atoms with Crippen molar-refractivity contribution in [3.8, 4) is 0 Å². The van der Waals surface area contributed by atoms with Crippen LogP contribution in [0, 0.1) is 6.92 Å². The number of carbonyl (C=O) groups excluding carboxylic acids is 2. The highest BCUT2D eigenvalue weighted by molar-refractivity contribution is 5.95. The Hall–Kier alpha value is -2.96. The molecule has 0 saturated heterocycles. The van der Waals surface area contributed by atoms with Crippen molar-refractivity contribution < 1.29 is 14.3 Å². The Morgan fingerprint density at radius 1 is 1.27 bits per heavy atom. The van der Waals surface area contributed by atoms with E-state index >= 15 is 0 Å². The van der Waals surface area contributed by atoms with Gasteiger partial charge in [-0.2, -0.15) is 0 Å². The number of rotatable bonds is 4. The number of urea groups is 1. The molecule has 2 N–H and O–H groups in total. The number of aryl methyl sites for hydroxylation is 2. The maximum atomic E-state index is 12.1. The first kappa shape index (κ1) is 16.5. The fraction of sp³-hybridized carbons (Fsp3) is 0.368. The Morgan fingerprint density at radius 3 is 3.04 bits per heavy atom. The van der Waals surface area contributed by atoms with E-state index in [0.717, 1.165) is 42.0 Å². The van der Waals surface area contributed by atoms with Gasteiger partial charge in [0.1, 0.15) is 12.4 Å². The smallest absolute Gasteiger partial charge is 0.338 e. The molecule has 0 saturated carbocycles. The maximum absolute atomic E-state index is 12.1. The second-order valence-corrected chi connectivity index (χ2v) is 6.58. The average Bonchev–Trinajstić information content (AvgIpc) is 3.22. The van der Waals surface area contributed by atoms with Crippen molar-refractivity contribution in [1.29, 1.82) is 0 Å². The molecular formula is C19H20N4O3. The molecule has 26 heavy (non-hydrogen) atoms. The first-order valence-corrected chi connectivity index (χ1v) is 8.80. The van der Waals surface area contributed by atoms with Gasteiger partial charge < -0.3 is 15.4 Å². The van der Waals surface area contributed by atoms with Gasteiger partial charge in [-0.05, 0) is 49.9 Å². The zero-order chi connectivity index (χ0) is 18.1. The predicted molar refractivity (Wildman–Crippen MR) is 95.1 cm³/mol. The molecule has 1 aliphatic carbocycles. The minimum atomic E-state index is -0.319. The van der Waals surface area contributed by atoms with Crippen LogP contribution < -0.4 is 10.6 Å². The van der Waals surface area contributed by atoms with Crippen LogP contribution >= 0.6 is 0 Å². The van der Waals surface area contributed by atoms with Crippen LogP contribution in [0.4, 0.5) is 10.5 Å². The number of cyclic esters (lactones) is 1. The lowest BCUT2D eigenvalue weighted by atomic mass is 10.1. The number of benzene rings is 1. The maximum Gasteiger partial charge on any atom is 0.338 e. The molecule has 7 nitrogen and oxygen atoms in total. The van der Waals surface area contributed by atoms with Crippen LogP contribution in [0.1, 0.15) is 45.1 Å². The summed E-state index contributed by atoms with van der Waals surface area (Å²) in [6.07, 6.45) is 3.82. The second-order valence-electron chi connectivity index (χ2n) is 6.58. The first-order chi connectivity index (χ1) is 12.6. The zero-order valence-electron chi connectivity index (χ0n) is 14.6. The Kier molecular flexibility index (Phi) is 4.28. The van der Waals surface area contributed by atoms with Gasteiger partial charge in [0.15, 0.2) is 0 Å². The highest BCUT2D eigenvalue weighted by Crippen LogP contribution is 2.23. The van der Waals surface area contributed by atoms with Gasteiger partial charge in [-0.15, -0.1) is 0 Å². The number of hydrogen-bond acceptors (Lipinski definition) is 5. The molecule has 0 bridgehead atoms. The summed E-state index contributed by atoms with van der Waals surface area (Å²) in [6.45, 7) is 2.73. The minimum Gasteiger partial charge on any atom is -0.457 e. The summed E-state index contributed by atoms with van der Waals surface area (Å²) in [5.74, 6) is 0.456. The SMILES string of the molecule is Cc1nc(CCNC(=O)Nc2ccc3c(c2)COC3=O)nc2c1CCC2. The summed E-state index contributed by atoms with van der Waals surface area (Å²) in [5, 5.41) is 5.58. The second kappa shape index (κ2) is 6.74. The van der Waals surface area contributed by atoms with E-state index < -0.39 is 0 Å². The summed E-state index contributed by atoms with van der Waals surface area (Å²) in [4.78, 5) is 32.7. The molecule has 2 aromatic rings. The van der Waals surface area contributed by atoms with E-state index in [2.05, 4.69) is 20.6 Å². The molecule has 1 aromatic heterocycles. The van der Waals surface area contributed by atoms with Crippen molar-refractivity contribution in [3.05, 3.63) is 52.1 Å². The van der Waals surface area contributed by atoms with Crippen LogP contribution in [0.2, 0.25) is 0 Å². The van der Waals surface area contributed by atoms with Crippen molar-refractivity contribution >= 4 is 17.7 Å². The fourth-order valence-electron chi connectivity index (χ4n) is 3.47. The molecule has 0 unspecified atom stereocenters. The number of hydrogen-bond donors (Lipinski definition) is 2. The lowest BCUT2D eigenvalue weighted by Gasteiger charge is -2.09. The average molecular weight is 352 g/mol. The normalized spacial score (nSPS) is 14.6. The molecule has 2 aliphatic rings. The summed E-state index contributed by atoms with van der Waals surface area (Å²) in [7, 11) is 0. The van der Waals surface area contributed by atoms with Crippen LogP contribution in [0.3, 0.4) is 0 Å². The number of esters is 1. The van der Waals surface area contributed by atoms with Gasteiger partial charge >= 0.3 is 12.0 Å². The molecule has 7 heteroatoms. The standard InChI is InChI=1S/C19H20N4O3/c1-11-14-3-2-4-16(14)23-17(21-11)7-8-20-19(25)22-13-5-6-15-12(9-13)10-26-18(15)24/h5-6,9H,2-4,7-8,10H2,1H3,(H2,20,22,25). The summed E-state index contributed by atoms with van der Waals surface area (Å²) < 4.78 is 4.96. The number of carbonyl (C=O) groups is 2. The van der Waals surface area contributed by atoms with E-state index in [1.54, 1.807) is 18.2 Å². The third kappa shape index (κ3) is 3.24. The lowest BCUT2D eigenvalue weighted by molar-refractivity contribution is 0.0535. The molecule has 4 rings (SSSR count). The van der Waals surface area contributed by atoms with Crippen LogP contribution in [-0.2, 0) is 30.6 Å². The Balaban J connectivity index is 1.31. The number of nitrogens with zero attached hydrogens (tertiary/aromatic N) is 2. The van der Waals surface area contributed by atoms with Gasteiger partial charge in [0.25, 0.3) is 0 Å². The Labute approximate surface area is 151 Å². The minimum absolute atomic E-state index is 0.250. The number of nitrogens with one attached hydrogen (secondary N) is 2. The molecular weight excluding hydrogens is 332 g/mol. The molecule has 0 spiro atoms. The largest absolute Gasteiger partial charge is 0.457 e. The fourth-order valence-corrected chi connectivity index (χ4v) is 3.47. The predicted octanol–water partition coefficient (Wildman–Crippen LogP) is 2.31. The van der Waals surface area contributed by atoms with E-state index in [-0.39, 0.29) is 18.6 Å². The third-order valence-corrected chi connectivity index (χ3v) is 4.76. The van der Waals surface area contributed by atoms with Crippen molar-refractivity contribution in [2.45, 2.75) is 39.2 Å². The van der Waals surface area contributed by atoms with E-state index in [4.69, 9.17) is 4.74 Å². The monoisotopic (exact) mass is 352 g/mol. The molecule has 1 aliphatic heterocycles. The topological polar surface area (TPSA) is 93.2 Å². The highest BCUT2D eigenvalue weighted by atomic mass is 16.5. The zero-order valence-corrected chi connectivity index (χ0v) is 14.6. The molecule has 0 atom stereocenters. The van der Waals surface area contributed by atoms with E-state index in [1.165, 1.54) is 5.56 Å². The van der Waals surface area contributed by atoms with Gasteiger partial charge in [0.2, 0.25) is 0 Å². The molecule has 0 fully saturated rings. The van der Waals surface area contributed by atoms with Crippen LogP contribution in [0.25, 0.3) is 0 Å². The molecule has 1 aromatic carbocycles. The van der Waals surface area contributed by atoms with Gasteiger partial charge in [0, 0.05) is 35.6 Å². The first-order valence-electron chi connectivity index (χ1n) is 8.80. The quantitative estimate of drug-likeness (QED) is 0.824. The van der Waals surface area contributed by atoms with E-state index in [0.29, 0.717) is 24.2 Å². The molecule has 2 amide bonds. The van der Waals surface area contributed by atoms with Crippen LogP contribution in [0.5, 0.6) is 0 Å². The number of aromatic nitrogens is 2. The summed E-state index contributed by atoms with van der Waals surface area (Å²) >= 11 is 0. The Bertz CT molecular complexity index is 895. The Morgan fingerprint density at radius 2 is 2.15 bits per heavy atom. The molecule has 0 radical (unpaired) electrons. The number of ether oxygens (including phenoxy) is 1. The van der Waals surface area contributed by atoms with E-state index in [1.807, 2.05) is 6.92 Å². The summed E-state index contributed by atoms with van der Waals surface area (Å²) in [5.41, 5.74) is 5.48. The lowest BCUT2D eigenvalue weighted by Crippen LogP contribution is -2.30. The van der Waals surface area contributed by atoms with Gasteiger partial charge in [-0.1, -0.05) is 0 Å². The van der Waals surface area contributed by atoms with Gasteiger partial charge in [-0.3, -0.25) is 0 Å². The van der Waals surface area contributed by atoms with Crippen molar-refractivity contribution in [1.82, 2.24) is 15.3 Å². The van der Waals surface area contributed by atoms with Crippen LogP contribution in [-0.4, -0.2) is 28.5 Å². The molecule has 2 heterocycles. The highest BCUT2D eigenvalue weighted by Gasteiger charge is 2.21. The van der Waals surface area contributed by atoms with Crippen LogP contribution in [0.15, 0.2) is 18.2 Å². The number of amides is 2. The van der Waals surface area contributed by atoms with Crippen molar-refractivity contribution in [2.75, 3.05) is 11.9 Å². The summed E-state index contributed by atoms with van der Waals surface area (Å²) in [6, 6.07) is 4.82. The third-order valence-electron chi connectivity index (χ3n) is 4.76. The van der Waals surface area contributed by atoms with Gasteiger partial charge in [-0.25, -0.2) is 19.6 Å². The van der Waals surface area contributed by atoms with Crippen molar-refractivity contribution in [3.63, 3.8) is 0 Å². The number of fused-ring (bicyclic) bond motifs is 2. The van der Waals surface area contributed by atoms with Gasteiger partial charge in [0.05, 0.1) is 5.56 Å². The van der Waals surface area contributed by atoms with Crippen molar-refractivity contribution in [2.24, 2.45) is 0 Å². The molecule has 134 valence electrons.